The fraction of sp³-hybridized carbons (Fsp3) is 0.207. The summed E-state index contributed by atoms with van der Waals surface area (Å²) >= 11 is 0. The summed E-state index contributed by atoms with van der Waals surface area (Å²) in [5.74, 6) is 0. The largest absolute Gasteiger partial charge is 0.247 e. The summed E-state index contributed by atoms with van der Waals surface area (Å²) in [6.45, 7) is 9.26. The Morgan fingerprint density at radius 2 is 1.13 bits per heavy atom. The molecule has 0 amide bonds. The molecule has 146 valence electrons. The monoisotopic (exact) mass is 387 g/mol. The number of fused-ring (bicyclic) bond motifs is 6. The third-order valence-electron chi connectivity index (χ3n) is 7.30. The highest BCUT2D eigenvalue weighted by atomic mass is 14.7. The van der Waals surface area contributed by atoms with Gasteiger partial charge >= 0.3 is 0 Å². The summed E-state index contributed by atoms with van der Waals surface area (Å²) in [6.07, 6.45) is 0. The lowest BCUT2D eigenvalue weighted by atomic mass is 9.81. The smallest absolute Gasteiger partial charge is 0.0753 e. The topological polar surface area (TPSA) is 12.9 Å². The Morgan fingerprint density at radius 3 is 1.90 bits per heavy atom. The van der Waals surface area contributed by atoms with E-state index in [0.717, 1.165) is 11.4 Å². The highest BCUT2D eigenvalue weighted by Gasteiger charge is 2.37. The first-order chi connectivity index (χ1) is 14.4. The van der Waals surface area contributed by atoms with Crippen LogP contribution in [0.15, 0.2) is 78.9 Å². The molecular formula is C29H25N. The van der Waals surface area contributed by atoms with E-state index in [1.165, 1.54) is 44.5 Å². The van der Waals surface area contributed by atoms with Crippen molar-refractivity contribution in [1.29, 1.82) is 0 Å². The molecule has 1 aromatic heterocycles. The minimum absolute atomic E-state index is 0.000965. The van der Waals surface area contributed by atoms with Crippen molar-refractivity contribution < 1.29 is 0 Å². The van der Waals surface area contributed by atoms with Crippen LogP contribution in [0.3, 0.4) is 0 Å². The second-order valence-corrected chi connectivity index (χ2v) is 9.69. The van der Waals surface area contributed by atoms with Gasteiger partial charge in [-0.3, -0.25) is 0 Å². The maximum atomic E-state index is 5.18. The van der Waals surface area contributed by atoms with E-state index in [1.807, 2.05) is 0 Å². The van der Waals surface area contributed by atoms with Crippen LogP contribution in [0.4, 0.5) is 0 Å². The molecule has 0 N–H and O–H groups in total. The summed E-state index contributed by atoms with van der Waals surface area (Å²) in [5, 5.41) is 0. The first-order valence-corrected chi connectivity index (χ1v) is 10.8. The predicted octanol–water partition coefficient (Wildman–Crippen LogP) is 7.36. The summed E-state index contributed by atoms with van der Waals surface area (Å²) < 4.78 is 0. The summed E-state index contributed by atoms with van der Waals surface area (Å²) in [5.41, 5.74) is 12.9. The molecule has 0 radical (unpaired) electrons. The molecule has 0 spiro atoms. The van der Waals surface area contributed by atoms with Crippen molar-refractivity contribution in [2.75, 3.05) is 0 Å². The zero-order chi connectivity index (χ0) is 20.7. The molecule has 0 saturated carbocycles. The van der Waals surface area contributed by atoms with E-state index in [0.29, 0.717) is 0 Å². The van der Waals surface area contributed by atoms with Gasteiger partial charge in [0, 0.05) is 22.0 Å². The van der Waals surface area contributed by atoms with Crippen LogP contribution < -0.4 is 0 Å². The van der Waals surface area contributed by atoms with Crippen molar-refractivity contribution in [2.24, 2.45) is 0 Å². The maximum Gasteiger partial charge on any atom is 0.0753 e. The van der Waals surface area contributed by atoms with Crippen LogP contribution in [0.5, 0.6) is 0 Å². The van der Waals surface area contributed by atoms with Crippen molar-refractivity contribution in [3.05, 3.63) is 101 Å². The van der Waals surface area contributed by atoms with Gasteiger partial charge in [-0.05, 0) is 45.5 Å². The lowest BCUT2D eigenvalue weighted by Gasteiger charge is -2.22. The van der Waals surface area contributed by atoms with E-state index in [-0.39, 0.29) is 10.8 Å². The standard InChI is InChI=1S/C29H25N/c1-28(2)23-12-8-6-10-21(23)27-24(28)15-16-26(30-27)18-13-14-20-19-9-5-7-11-22(19)29(3,4)25(20)17-18/h5-17H,1-4H3. The minimum Gasteiger partial charge on any atom is -0.247 e. The molecule has 0 bridgehead atoms. The van der Waals surface area contributed by atoms with Crippen LogP contribution >= 0.6 is 0 Å². The first kappa shape index (κ1) is 17.7. The van der Waals surface area contributed by atoms with Crippen LogP contribution in [-0.4, -0.2) is 4.98 Å². The molecule has 0 atom stereocenters. The Hall–Kier alpha value is -3.19. The van der Waals surface area contributed by atoms with E-state index >= 15 is 0 Å². The lowest BCUT2D eigenvalue weighted by molar-refractivity contribution is 0.659. The van der Waals surface area contributed by atoms with Gasteiger partial charge in [0.25, 0.3) is 0 Å². The molecule has 2 aliphatic rings. The maximum absolute atomic E-state index is 5.18. The van der Waals surface area contributed by atoms with Crippen LogP contribution in [0.1, 0.15) is 49.9 Å². The molecule has 4 aromatic rings. The Balaban J connectivity index is 1.52. The van der Waals surface area contributed by atoms with Gasteiger partial charge in [0.05, 0.1) is 11.4 Å². The number of aromatic nitrogens is 1. The van der Waals surface area contributed by atoms with Crippen LogP contribution in [0.2, 0.25) is 0 Å². The number of hydrogen-bond donors (Lipinski definition) is 0. The number of nitrogens with zero attached hydrogens (tertiary/aromatic N) is 1. The first-order valence-electron chi connectivity index (χ1n) is 10.8. The molecule has 1 heterocycles. The van der Waals surface area contributed by atoms with Gasteiger partial charge in [0.2, 0.25) is 0 Å². The molecule has 6 rings (SSSR count). The molecule has 2 aliphatic carbocycles. The van der Waals surface area contributed by atoms with Gasteiger partial charge in [-0.25, -0.2) is 4.98 Å². The fourth-order valence-electron chi connectivity index (χ4n) is 5.57. The quantitative estimate of drug-likeness (QED) is 0.332. The summed E-state index contributed by atoms with van der Waals surface area (Å²) in [4.78, 5) is 5.18. The SMILES string of the molecule is CC1(C)c2ccccc2-c2ccc(-c3ccc4c(n3)-c3ccccc3C4(C)C)cc21. The van der Waals surface area contributed by atoms with Gasteiger partial charge in [-0.15, -0.1) is 0 Å². The normalized spacial score (nSPS) is 16.5. The van der Waals surface area contributed by atoms with Gasteiger partial charge in [-0.2, -0.15) is 0 Å². The minimum atomic E-state index is -0.000965. The number of benzene rings is 3. The van der Waals surface area contributed by atoms with Crippen molar-refractivity contribution in [1.82, 2.24) is 4.98 Å². The van der Waals surface area contributed by atoms with Crippen LogP contribution in [0, 0.1) is 0 Å². The molecule has 0 saturated heterocycles. The van der Waals surface area contributed by atoms with E-state index in [9.17, 15) is 0 Å². The van der Waals surface area contributed by atoms with E-state index < -0.39 is 0 Å². The third kappa shape index (κ3) is 2.15. The molecule has 1 nitrogen and oxygen atoms in total. The van der Waals surface area contributed by atoms with E-state index in [4.69, 9.17) is 4.98 Å². The molecule has 1 heteroatoms. The average Bonchev–Trinajstić information content (AvgIpc) is 3.14. The zero-order valence-corrected chi connectivity index (χ0v) is 18.0. The van der Waals surface area contributed by atoms with Gasteiger partial charge in [0.1, 0.15) is 0 Å². The summed E-state index contributed by atoms with van der Waals surface area (Å²) in [7, 11) is 0. The number of hydrogen-bond acceptors (Lipinski definition) is 1. The molecule has 30 heavy (non-hydrogen) atoms. The molecule has 0 aliphatic heterocycles. The van der Waals surface area contributed by atoms with E-state index in [2.05, 4.69) is 107 Å². The molecular weight excluding hydrogens is 362 g/mol. The average molecular weight is 388 g/mol. The highest BCUT2D eigenvalue weighted by Crippen LogP contribution is 2.50. The fourth-order valence-corrected chi connectivity index (χ4v) is 5.57. The lowest BCUT2D eigenvalue weighted by Crippen LogP contribution is -2.15. The Labute approximate surface area is 178 Å². The Morgan fingerprint density at radius 1 is 0.533 bits per heavy atom. The van der Waals surface area contributed by atoms with Gasteiger partial charge in [-0.1, -0.05) is 94.4 Å². The van der Waals surface area contributed by atoms with Crippen molar-refractivity contribution >= 4 is 0 Å². The van der Waals surface area contributed by atoms with Crippen LogP contribution in [0.25, 0.3) is 33.6 Å². The van der Waals surface area contributed by atoms with Crippen molar-refractivity contribution in [3.63, 3.8) is 0 Å². The number of pyridine rings is 1. The van der Waals surface area contributed by atoms with Crippen molar-refractivity contribution in [3.8, 4) is 33.6 Å². The highest BCUT2D eigenvalue weighted by molar-refractivity contribution is 5.84. The molecule has 0 fully saturated rings. The van der Waals surface area contributed by atoms with Crippen LogP contribution in [-0.2, 0) is 10.8 Å². The Bertz CT molecular complexity index is 1340. The molecule has 3 aromatic carbocycles. The number of rotatable bonds is 1. The van der Waals surface area contributed by atoms with Crippen molar-refractivity contribution in [2.45, 2.75) is 38.5 Å². The van der Waals surface area contributed by atoms with Gasteiger partial charge in [0.15, 0.2) is 0 Å². The second kappa shape index (κ2) is 5.70. The third-order valence-corrected chi connectivity index (χ3v) is 7.30. The second-order valence-electron chi connectivity index (χ2n) is 9.69. The van der Waals surface area contributed by atoms with E-state index in [1.54, 1.807) is 0 Å². The zero-order valence-electron chi connectivity index (χ0n) is 18.0. The summed E-state index contributed by atoms with van der Waals surface area (Å²) in [6, 6.07) is 28.9. The predicted molar refractivity (Wildman–Crippen MR) is 125 cm³/mol. The van der Waals surface area contributed by atoms with Gasteiger partial charge < -0.3 is 0 Å². The Kier molecular flexibility index (Phi) is 3.35. The molecule has 0 unspecified atom stereocenters.